The number of nitrogens with zero attached hydrogens (tertiary/aromatic N) is 3. The van der Waals surface area contributed by atoms with Crippen LogP contribution in [0.25, 0.3) is 11.4 Å². The lowest BCUT2D eigenvalue weighted by molar-refractivity contribution is -0.385. The van der Waals surface area contributed by atoms with E-state index in [1.165, 1.54) is 24.3 Å². The SMILES string of the molecule is O=C(CCc1nc(-c2ccc(F)cc2)no1)Oc1cc(F)ccc1[N+](=O)[O-]. The molecule has 1 heterocycles. The number of hydrogen-bond donors (Lipinski definition) is 0. The molecule has 0 amide bonds. The van der Waals surface area contributed by atoms with Gasteiger partial charge in [0.05, 0.1) is 11.3 Å². The third-order valence-electron chi connectivity index (χ3n) is 3.46. The van der Waals surface area contributed by atoms with Gasteiger partial charge in [-0.2, -0.15) is 4.98 Å². The molecule has 0 radical (unpaired) electrons. The molecule has 0 fully saturated rings. The van der Waals surface area contributed by atoms with Crippen molar-refractivity contribution in [1.82, 2.24) is 10.1 Å². The minimum absolute atomic E-state index is 0.0101. The Hall–Kier alpha value is -3.69. The van der Waals surface area contributed by atoms with Crippen molar-refractivity contribution in [3.63, 3.8) is 0 Å². The molecule has 0 saturated carbocycles. The van der Waals surface area contributed by atoms with Gasteiger partial charge in [-0.05, 0) is 30.3 Å². The molecule has 3 rings (SSSR count). The number of nitro benzene ring substituents is 1. The first-order valence-electron chi connectivity index (χ1n) is 7.65. The topological polar surface area (TPSA) is 108 Å². The highest BCUT2D eigenvalue weighted by Crippen LogP contribution is 2.28. The Morgan fingerprint density at radius 1 is 1.15 bits per heavy atom. The van der Waals surface area contributed by atoms with Gasteiger partial charge in [0.2, 0.25) is 17.5 Å². The van der Waals surface area contributed by atoms with E-state index >= 15 is 0 Å². The molecule has 0 spiro atoms. The van der Waals surface area contributed by atoms with E-state index in [0.29, 0.717) is 5.56 Å². The molecular weight excluding hydrogens is 364 g/mol. The highest BCUT2D eigenvalue weighted by molar-refractivity contribution is 5.74. The van der Waals surface area contributed by atoms with Crippen molar-refractivity contribution in [3.05, 3.63) is 70.1 Å². The zero-order chi connectivity index (χ0) is 19.4. The van der Waals surface area contributed by atoms with Crippen LogP contribution >= 0.6 is 0 Å². The van der Waals surface area contributed by atoms with Crippen molar-refractivity contribution in [2.24, 2.45) is 0 Å². The van der Waals surface area contributed by atoms with Crippen LogP contribution in [0.3, 0.4) is 0 Å². The van der Waals surface area contributed by atoms with Crippen LogP contribution in [0.1, 0.15) is 12.3 Å². The summed E-state index contributed by atoms with van der Waals surface area (Å²) in [4.78, 5) is 26.1. The second-order valence-electron chi connectivity index (χ2n) is 5.36. The smallest absolute Gasteiger partial charge is 0.311 e. The molecule has 0 atom stereocenters. The van der Waals surface area contributed by atoms with Crippen LogP contribution in [-0.4, -0.2) is 21.0 Å². The maximum Gasteiger partial charge on any atom is 0.311 e. The number of rotatable bonds is 6. The van der Waals surface area contributed by atoms with Crippen molar-refractivity contribution in [3.8, 4) is 17.1 Å². The summed E-state index contributed by atoms with van der Waals surface area (Å²) >= 11 is 0. The van der Waals surface area contributed by atoms with E-state index in [-0.39, 0.29) is 24.6 Å². The molecule has 0 saturated heterocycles. The lowest BCUT2D eigenvalue weighted by atomic mass is 10.2. The van der Waals surface area contributed by atoms with E-state index < -0.39 is 34.0 Å². The molecule has 8 nitrogen and oxygen atoms in total. The zero-order valence-corrected chi connectivity index (χ0v) is 13.6. The maximum absolute atomic E-state index is 13.2. The molecule has 0 N–H and O–H groups in total. The summed E-state index contributed by atoms with van der Waals surface area (Å²) in [5.41, 5.74) is 0.00509. The van der Waals surface area contributed by atoms with Crippen molar-refractivity contribution in [2.75, 3.05) is 0 Å². The zero-order valence-electron chi connectivity index (χ0n) is 13.6. The average molecular weight is 375 g/mol. The third-order valence-corrected chi connectivity index (χ3v) is 3.46. The van der Waals surface area contributed by atoms with E-state index in [1.807, 2.05) is 0 Å². The van der Waals surface area contributed by atoms with Crippen LogP contribution < -0.4 is 4.74 Å². The molecular formula is C17H11F2N3O5. The van der Waals surface area contributed by atoms with Crippen LogP contribution in [0.2, 0.25) is 0 Å². The summed E-state index contributed by atoms with van der Waals surface area (Å²) in [5, 5.41) is 14.6. The van der Waals surface area contributed by atoms with Gasteiger partial charge in [-0.1, -0.05) is 5.16 Å². The number of esters is 1. The molecule has 2 aromatic carbocycles. The van der Waals surface area contributed by atoms with E-state index in [0.717, 1.165) is 18.2 Å². The van der Waals surface area contributed by atoms with Crippen molar-refractivity contribution in [2.45, 2.75) is 12.8 Å². The molecule has 0 aliphatic heterocycles. The molecule has 0 aliphatic rings. The van der Waals surface area contributed by atoms with Gasteiger partial charge in [-0.25, -0.2) is 8.78 Å². The largest absolute Gasteiger partial charge is 0.419 e. The van der Waals surface area contributed by atoms with Gasteiger partial charge in [0.15, 0.2) is 0 Å². The fourth-order valence-electron chi connectivity index (χ4n) is 2.18. The molecule has 10 heteroatoms. The monoisotopic (exact) mass is 375 g/mol. The Morgan fingerprint density at radius 3 is 2.56 bits per heavy atom. The summed E-state index contributed by atoms with van der Waals surface area (Å²) in [6, 6.07) is 8.00. The Morgan fingerprint density at radius 2 is 1.85 bits per heavy atom. The number of ether oxygens (including phenoxy) is 1. The summed E-state index contributed by atoms with van der Waals surface area (Å²) in [5.74, 6) is -2.15. The molecule has 138 valence electrons. The summed E-state index contributed by atoms with van der Waals surface area (Å²) < 4.78 is 36.0. The predicted octanol–water partition coefficient (Wildman–Crippen LogP) is 3.46. The normalized spacial score (nSPS) is 10.6. The lowest BCUT2D eigenvalue weighted by Crippen LogP contribution is -2.10. The van der Waals surface area contributed by atoms with Crippen LogP contribution in [0.4, 0.5) is 14.5 Å². The Balaban J connectivity index is 1.63. The fraction of sp³-hybridized carbons (Fsp3) is 0.118. The number of halogens is 2. The van der Waals surface area contributed by atoms with Gasteiger partial charge in [-0.3, -0.25) is 14.9 Å². The number of nitro groups is 1. The van der Waals surface area contributed by atoms with Crippen LogP contribution in [0, 0.1) is 21.7 Å². The van der Waals surface area contributed by atoms with E-state index in [4.69, 9.17) is 9.26 Å². The van der Waals surface area contributed by atoms with Crippen LogP contribution in [0.5, 0.6) is 5.75 Å². The summed E-state index contributed by atoms with van der Waals surface area (Å²) in [6.45, 7) is 0. The molecule has 1 aromatic heterocycles. The first-order chi connectivity index (χ1) is 12.9. The maximum atomic E-state index is 13.2. The second-order valence-corrected chi connectivity index (χ2v) is 5.36. The number of aryl methyl sites for hydroxylation is 1. The van der Waals surface area contributed by atoms with Crippen LogP contribution in [-0.2, 0) is 11.2 Å². The van der Waals surface area contributed by atoms with Crippen LogP contribution in [0.15, 0.2) is 47.0 Å². The van der Waals surface area contributed by atoms with Gasteiger partial charge < -0.3 is 9.26 Å². The highest BCUT2D eigenvalue weighted by Gasteiger charge is 2.19. The van der Waals surface area contributed by atoms with E-state index in [1.54, 1.807) is 0 Å². The molecule has 0 unspecified atom stereocenters. The van der Waals surface area contributed by atoms with Crippen molar-refractivity contribution in [1.29, 1.82) is 0 Å². The second kappa shape index (κ2) is 7.68. The number of carbonyl (C=O) groups excluding carboxylic acids is 1. The number of benzene rings is 2. The molecule has 3 aromatic rings. The number of hydrogen-bond acceptors (Lipinski definition) is 7. The van der Waals surface area contributed by atoms with Gasteiger partial charge in [0, 0.05) is 24.1 Å². The van der Waals surface area contributed by atoms with Gasteiger partial charge in [-0.15, -0.1) is 0 Å². The molecule has 0 bridgehead atoms. The lowest BCUT2D eigenvalue weighted by Gasteiger charge is -2.04. The Labute approximate surface area is 150 Å². The Kier molecular flexibility index (Phi) is 5.15. The predicted molar refractivity (Wildman–Crippen MR) is 86.7 cm³/mol. The quantitative estimate of drug-likeness (QED) is 0.281. The summed E-state index contributed by atoms with van der Waals surface area (Å²) in [7, 11) is 0. The van der Waals surface area contributed by atoms with Gasteiger partial charge >= 0.3 is 11.7 Å². The molecule has 27 heavy (non-hydrogen) atoms. The van der Waals surface area contributed by atoms with Gasteiger partial charge in [0.1, 0.15) is 11.6 Å². The molecule has 0 aliphatic carbocycles. The minimum Gasteiger partial charge on any atom is -0.419 e. The minimum atomic E-state index is -0.828. The number of aromatic nitrogens is 2. The average Bonchev–Trinajstić information content (AvgIpc) is 3.09. The first kappa shape index (κ1) is 18.1. The van der Waals surface area contributed by atoms with Crippen molar-refractivity contribution >= 4 is 11.7 Å². The van der Waals surface area contributed by atoms with E-state index in [9.17, 15) is 23.7 Å². The van der Waals surface area contributed by atoms with E-state index in [2.05, 4.69) is 10.1 Å². The third kappa shape index (κ3) is 4.48. The fourth-order valence-corrected chi connectivity index (χ4v) is 2.18. The first-order valence-corrected chi connectivity index (χ1v) is 7.65. The Bertz CT molecular complexity index is 988. The van der Waals surface area contributed by atoms with Gasteiger partial charge in [0.25, 0.3) is 0 Å². The van der Waals surface area contributed by atoms with Crippen molar-refractivity contribution < 1.29 is 27.8 Å². The standard InChI is InChI=1S/C17H11F2N3O5/c18-11-3-1-10(2-4-11)17-20-15(27-21-17)7-8-16(23)26-14-9-12(19)5-6-13(14)22(24)25/h1-6,9H,7-8H2. The number of carbonyl (C=O) groups is 1. The summed E-state index contributed by atoms with van der Waals surface area (Å²) in [6.07, 6.45) is -0.213. The highest BCUT2D eigenvalue weighted by atomic mass is 19.1.